The lowest BCUT2D eigenvalue weighted by atomic mass is 10.1. The summed E-state index contributed by atoms with van der Waals surface area (Å²) in [6, 6.07) is 12.0. The van der Waals surface area contributed by atoms with Crippen LogP contribution in [-0.4, -0.2) is 20.8 Å². The molecule has 0 unspecified atom stereocenters. The van der Waals surface area contributed by atoms with Crippen LogP contribution >= 0.6 is 0 Å². The Kier molecular flexibility index (Phi) is 4.82. The van der Waals surface area contributed by atoms with E-state index in [1.54, 1.807) is 24.3 Å². The number of Topliss-reactive ketones (excluding diaryl/α,β-unsaturated/α-hetero) is 1. The van der Waals surface area contributed by atoms with Crippen LogP contribution in [0.2, 0.25) is 0 Å². The van der Waals surface area contributed by atoms with Crippen molar-refractivity contribution in [2.24, 2.45) is 0 Å². The zero-order chi connectivity index (χ0) is 16.2. The number of benzene rings is 2. The second kappa shape index (κ2) is 6.62. The first kappa shape index (κ1) is 16.0. The molecular weight excluding hydrogens is 304 g/mol. The van der Waals surface area contributed by atoms with Crippen molar-refractivity contribution < 1.29 is 22.1 Å². The summed E-state index contributed by atoms with van der Waals surface area (Å²) in [7, 11) is -3.95. The first-order valence-corrected chi connectivity index (χ1v) is 8.11. The van der Waals surface area contributed by atoms with E-state index in [0.717, 1.165) is 0 Å². The summed E-state index contributed by atoms with van der Waals surface area (Å²) in [5.74, 6) is 0.519. The molecule has 0 aliphatic heterocycles. The fourth-order valence-electron chi connectivity index (χ4n) is 1.81. The second-order valence-corrected chi connectivity index (χ2v) is 6.07. The Morgan fingerprint density at radius 3 is 2.32 bits per heavy atom. The van der Waals surface area contributed by atoms with E-state index in [1.165, 1.54) is 31.2 Å². The number of hydrogen-bond donors (Lipinski definition) is 0. The van der Waals surface area contributed by atoms with Gasteiger partial charge in [-0.05, 0) is 50.2 Å². The van der Waals surface area contributed by atoms with Gasteiger partial charge in [0.25, 0.3) is 0 Å². The molecule has 116 valence electrons. The Hall–Kier alpha value is -2.34. The molecule has 0 aliphatic carbocycles. The molecule has 0 heterocycles. The lowest BCUT2D eigenvalue weighted by molar-refractivity contribution is 0.101. The highest BCUT2D eigenvalue weighted by atomic mass is 32.2. The SMILES string of the molecule is CCOc1ccc(S(=O)(=O)Oc2cccc(C(C)=O)c2)cc1. The molecule has 0 bridgehead atoms. The van der Waals surface area contributed by atoms with Crippen molar-refractivity contribution >= 4 is 15.9 Å². The van der Waals surface area contributed by atoms with E-state index in [2.05, 4.69) is 0 Å². The fraction of sp³-hybridized carbons (Fsp3) is 0.188. The molecule has 0 saturated heterocycles. The smallest absolute Gasteiger partial charge is 0.339 e. The van der Waals surface area contributed by atoms with Gasteiger partial charge in [-0.3, -0.25) is 4.79 Å². The van der Waals surface area contributed by atoms with Crippen LogP contribution in [0.1, 0.15) is 24.2 Å². The summed E-state index contributed by atoms with van der Waals surface area (Å²) in [5, 5.41) is 0. The molecule has 0 N–H and O–H groups in total. The Morgan fingerprint density at radius 2 is 1.73 bits per heavy atom. The van der Waals surface area contributed by atoms with E-state index in [-0.39, 0.29) is 16.4 Å². The third kappa shape index (κ3) is 3.85. The summed E-state index contributed by atoms with van der Waals surface area (Å²) >= 11 is 0. The maximum Gasteiger partial charge on any atom is 0.339 e. The zero-order valence-corrected chi connectivity index (χ0v) is 13.1. The van der Waals surface area contributed by atoms with Crippen molar-refractivity contribution in [2.75, 3.05) is 6.61 Å². The summed E-state index contributed by atoms with van der Waals surface area (Å²) in [6.45, 7) is 3.75. The van der Waals surface area contributed by atoms with Crippen LogP contribution in [0.15, 0.2) is 53.4 Å². The van der Waals surface area contributed by atoms with Crippen LogP contribution in [0.25, 0.3) is 0 Å². The topological polar surface area (TPSA) is 69.7 Å². The molecule has 0 atom stereocenters. The third-order valence-corrected chi connectivity index (χ3v) is 4.13. The molecule has 0 fully saturated rings. The highest BCUT2D eigenvalue weighted by Gasteiger charge is 2.17. The average Bonchev–Trinajstić information content (AvgIpc) is 2.48. The first-order valence-electron chi connectivity index (χ1n) is 6.71. The summed E-state index contributed by atoms with van der Waals surface area (Å²) in [5.41, 5.74) is 0.388. The Bertz CT molecular complexity index is 763. The molecule has 2 rings (SSSR count). The lowest BCUT2D eigenvalue weighted by Crippen LogP contribution is -2.10. The van der Waals surface area contributed by atoms with E-state index in [4.69, 9.17) is 8.92 Å². The number of carbonyl (C=O) groups is 1. The Morgan fingerprint density at radius 1 is 1.05 bits per heavy atom. The maximum atomic E-state index is 12.2. The Balaban J connectivity index is 2.23. The molecule has 0 radical (unpaired) electrons. The van der Waals surface area contributed by atoms with E-state index >= 15 is 0 Å². The van der Waals surface area contributed by atoms with Crippen LogP contribution in [-0.2, 0) is 10.1 Å². The first-order chi connectivity index (χ1) is 10.4. The van der Waals surface area contributed by atoms with Crippen molar-refractivity contribution in [1.29, 1.82) is 0 Å². The molecule has 5 nitrogen and oxygen atoms in total. The van der Waals surface area contributed by atoms with Crippen molar-refractivity contribution in [1.82, 2.24) is 0 Å². The number of ether oxygens (including phenoxy) is 1. The highest BCUT2D eigenvalue weighted by Crippen LogP contribution is 2.22. The molecule has 2 aromatic carbocycles. The number of rotatable bonds is 6. The monoisotopic (exact) mass is 320 g/mol. The van der Waals surface area contributed by atoms with Crippen molar-refractivity contribution in [3.05, 3.63) is 54.1 Å². The fourth-order valence-corrected chi connectivity index (χ4v) is 2.73. The predicted octanol–water partition coefficient (Wildman–Crippen LogP) is 3.06. The molecular formula is C16H16O5S. The lowest BCUT2D eigenvalue weighted by Gasteiger charge is -2.08. The molecule has 0 saturated carbocycles. The van der Waals surface area contributed by atoms with E-state index in [0.29, 0.717) is 17.9 Å². The summed E-state index contributed by atoms with van der Waals surface area (Å²) < 4.78 is 34.7. The van der Waals surface area contributed by atoms with Gasteiger partial charge in [0.05, 0.1) is 6.61 Å². The van der Waals surface area contributed by atoms with Gasteiger partial charge >= 0.3 is 10.1 Å². The van der Waals surface area contributed by atoms with Gasteiger partial charge in [-0.15, -0.1) is 0 Å². The highest BCUT2D eigenvalue weighted by molar-refractivity contribution is 7.87. The number of carbonyl (C=O) groups excluding carboxylic acids is 1. The van der Waals surface area contributed by atoms with Gasteiger partial charge in [0.2, 0.25) is 0 Å². The van der Waals surface area contributed by atoms with Gasteiger partial charge in [-0.1, -0.05) is 12.1 Å². The quantitative estimate of drug-likeness (QED) is 0.604. The van der Waals surface area contributed by atoms with Gasteiger partial charge in [0.1, 0.15) is 16.4 Å². The predicted molar refractivity (Wildman–Crippen MR) is 81.9 cm³/mol. The maximum absolute atomic E-state index is 12.2. The standard InChI is InChI=1S/C16H16O5S/c1-3-20-14-7-9-16(10-8-14)22(18,19)21-15-6-4-5-13(11-15)12(2)17/h4-11H,3H2,1-2H3. The minimum absolute atomic E-state index is 0.0178. The zero-order valence-electron chi connectivity index (χ0n) is 12.3. The molecule has 0 aliphatic rings. The molecule has 22 heavy (non-hydrogen) atoms. The largest absolute Gasteiger partial charge is 0.494 e. The minimum Gasteiger partial charge on any atom is -0.494 e. The van der Waals surface area contributed by atoms with Crippen LogP contribution in [0.3, 0.4) is 0 Å². The molecule has 6 heteroatoms. The van der Waals surface area contributed by atoms with Crippen LogP contribution in [0.4, 0.5) is 0 Å². The number of hydrogen-bond acceptors (Lipinski definition) is 5. The Labute approximate surface area is 129 Å². The van der Waals surface area contributed by atoms with Gasteiger partial charge in [-0.25, -0.2) is 0 Å². The number of ketones is 1. The molecule has 0 spiro atoms. The molecule has 0 amide bonds. The summed E-state index contributed by atoms with van der Waals surface area (Å²) in [4.78, 5) is 11.3. The average molecular weight is 320 g/mol. The van der Waals surface area contributed by atoms with E-state index in [1.807, 2.05) is 6.92 Å². The van der Waals surface area contributed by atoms with E-state index in [9.17, 15) is 13.2 Å². The van der Waals surface area contributed by atoms with Gasteiger partial charge in [0.15, 0.2) is 5.78 Å². The third-order valence-electron chi connectivity index (χ3n) is 2.87. The van der Waals surface area contributed by atoms with Crippen molar-refractivity contribution in [3.8, 4) is 11.5 Å². The molecule has 2 aromatic rings. The second-order valence-electron chi connectivity index (χ2n) is 4.53. The van der Waals surface area contributed by atoms with Crippen molar-refractivity contribution in [3.63, 3.8) is 0 Å². The van der Waals surface area contributed by atoms with E-state index < -0.39 is 10.1 Å². The van der Waals surface area contributed by atoms with Crippen LogP contribution < -0.4 is 8.92 Å². The van der Waals surface area contributed by atoms with Gasteiger partial charge < -0.3 is 8.92 Å². The van der Waals surface area contributed by atoms with Gasteiger partial charge in [-0.2, -0.15) is 8.42 Å². The minimum atomic E-state index is -3.95. The summed E-state index contributed by atoms with van der Waals surface area (Å²) in [6.07, 6.45) is 0. The molecule has 0 aromatic heterocycles. The van der Waals surface area contributed by atoms with Gasteiger partial charge in [0, 0.05) is 5.56 Å². The van der Waals surface area contributed by atoms with Crippen LogP contribution in [0, 0.1) is 0 Å². The normalized spacial score (nSPS) is 11.0. The van der Waals surface area contributed by atoms with Crippen molar-refractivity contribution in [2.45, 2.75) is 18.7 Å². The van der Waals surface area contributed by atoms with Crippen LogP contribution in [0.5, 0.6) is 11.5 Å².